The van der Waals surface area contributed by atoms with Gasteiger partial charge in [0.2, 0.25) is 59.1 Å². The number of carbonyl (C=O) groups excluding carboxylic acids is 10. The molecule has 18 rings (SSSR count). The van der Waals surface area contributed by atoms with Gasteiger partial charge < -0.3 is 49.0 Å². The van der Waals surface area contributed by atoms with Crippen LogP contribution in [0.1, 0.15) is 447 Å². The lowest BCUT2D eigenvalue weighted by atomic mass is 9.49. The first-order valence-electron chi connectivity index (χ1n) is 58.7. The Bertz CT molecular complexity index is 3540. The molecule has 0 unspecified atom stereocenters. The predicted octanol–water partition coefficient (Wildman–Crippen LogP) is 23.7. The third-order valence-corrected chi connectivity index (χ3v) is 36.9. The summed E-state index contributed by atoms with van der Waals surface area (Å²) in [5, 5.41) is 0. The van der Waals surface area contributed by atoms with Crippen molar-refractivity contribution in [2.24, 2.45) is 111 Å². The van der Waals surface area contributed by atoms with Crippen LogP contribution in [0.15, 0.2) is 0 Å². The number of carbonyl (C=O) groups is 10. The third kappa shape index (κ3) is 33.6. The van der Waals surface area contributed by atoms with Gasteiger partial charge in [-0.1, -0.05) is 171 Å². The van der Waals surface area contributed by atoms with E-state index in [0.717, 1.165) is 273 Å². The van der Waals surface area contributed by atoms with Gasteiger partial charge in [0.15, 0.2) is 0 Å². The first-order valence-corrected chi connectivity index (χ1v) is 58.7. The molecule has 0 spiro atoms. The quantitative estimate of drug-likeness (QED) is 0.0530. The lowest BCUT2D eigenvalue weighted by molar-refractivity contribution is -0.157. The molecular formula is C118H206N10O10. The minimum atomic E-state index is -0.0373. The number of rotatable bonds is 41. The molecule has 18 aliphatic carbocycles. The molecule has 0 heterocycles. The summed E-state index contributed by atoms with van der Waals surface area (Å²) in [5.41, 5.74) is -0.112. The summed E-state index contributed by atoms with van der Waals surface area (Å²) in [7, 11) is 13.8. The molecule has 0 radical (unpaired) electrons. The Morgan fingerprint density at radius 3 is 0.696 bits per heavy atom. The van der Waals surface area contributed by atoms with E-state index >= 15 is 0 Å². The van der Waals surface area contributed by atoms with Crippen LogP contribution in [-0.4, -0.2) is 241 Å². The van der Waals surface area contributed by atoms with Crippen molar-refractivity contribution >= 4 is 59.1 Å². The average molecular weight is 1930 g/mol. The van der Waals surface area contributed by atoms with Gasteiger partial charge in [0.05, 0.1) is 16.2 Å². The first kappa shape index (κ1) is 113. The Hall–Kier alpha value is -5.30. The molecular weight excluding hydrogens is 1720 g/mol. The van der Waals surface area contributed by atoms with Crippen LogP contribution in [0.4, 0.5) is 0 Å². The molecule has 20 heteroatoms. The summed E-state index contributed by atoms with van der Waals surface area (Å²) >= 11 is 0. The Morgan fingerprint density at radius 1 is 0.232 bits per heavy atom. The fraction of sp³-hybridized carbons (Fsp3) is 0.915. The second-order valence-corrected chi connectivity index (χ2v) is 51.1. The van der Waals surface area contributed by atoms with Crippen molar-refractivity contribution in [3.05, 3.63) is 0 Å². The van der Waals surface area contributed by atoms with E-state index in [1.807, 2.05) is 93.4 Å². The van der Waals surface area contributed by atoms with Crippen LogP contribution in [0.5, 0.6) is 0 Å². The standard InChI is InChI=1S/C27H42N2O2.2C25H44N2O2.C21H40N2O2.C20H36N2O2/c1-28(24(30)26-12-18-6-19(13-26)8-20(7-18)14-26)4-3-5-29(2)25(31)27-15-21-9-22(16-27)11-23(10-21)17-27;1-18(2)16-27(17-19(3)4)23(28)8-6-7-9-26(5)24(29)25-13-20-10-21(14-25)12-22(11-20)15-25;1-26(22-15-7-3-8-16-22)24(28)19-11-12-20-27(23-17-9-4-10-18-23)25(29)21-13-5-2-6-14-21;1-17(2)15-23(16-18(3)4)20(24)13-9-10-14-22(5)21(25)19-11-7-6-8-12-19;1-21(20(24)17-11-5-3-6-12-17)16-10-9-15-19(23)22(2)18-13-7-4-8-14-18/h18-23H,3-17H2,1-2H3;18-22H,6-17H2,1-5H3;21-23H,2-20H2,1H3;17-19H,6-16H2,1-5H3;17-18H,3-16H2,1-2H3. The van der Waals surface area contributed by atoms with Gasteiger partial charge in [0.1, 0.15) is 0 Å². The minimum Gasteiger partial charge on any atom is -0.346 e. The van der Waals surface area contributed by atoms with E-state index in [9.17, 15) is 47.9 Å². The van der Waals surface area contributed by atoms with Crippen LogP contribution in [-0.2, 0) is 47.9 Å². The van der Waals surface area contributed by atoms with Crippen LogP contribution in [0, 0.1) is 111 Å². The number of hydrogen-bond acceptors (Lipinski definition) is 10. The largest absolute Gasteiger partial charge is 0.346 e. The molecule has 0 aliphatic heterocycles. The zero-order valence-electron chi connectivity index (χ0n) is 91.2. The van der Waals surface area contributed by atoms with Crippen molar-refractivity contribution < 1.29 is 47.9 Å². The van der Waals surface area contributed by atoms with Gasteiger partial charge >= 0.3 is 0 Å². The van der Waals surface area contributed by atoms with E-state index in [4.69, 9.17) is 0 Å². The second kappa shape index (κ2) is 55.9. The van der Waals surface area contributed by atoms with Crippen molar-refractivity contribution in [2.75, 3.05) is 115 Å². The van der Waals surface area contributed by atoms with Gasteiger partial charge in [-0.15, -0.1) is 0 Å². The molecule has 0 aromatic rings. The topological polar surface area (TPSA) is 203 Å². The van der Waals surface area contributed by atoms with Crippen LogP contribution in [0.25, 0.3) is 0 Å². The highest BCUT2D eigenvalue weighted by Gasteiger charge is 2.58. The molecule has 18 fully saturated rings. The highest BCUT2D eigenvalue weighted by Crippen LogP contribution is 2.63. The highest BCUT2D eigenvalue weighted by atomic mass is 16.2. The summed E-state index contributed by atoms with van der Waals surface area (Å²) in [6, 6.07) is 1.38. The van der Waals surface area contributed by atoms with Crippen molar-refractivity contribution in [3.8, 4) is 0 Å². The van der Waals surface area contributed by atoms with Gasteiger partial charge in [-0.3, -0.25) is 47.9 Å². The van der Waals surface area contributed by atoms with Crippen LogP contribution in [0.3, 0.4) is 0 Å². The Labute approximate surface area is 842 Å². The van der Waals surface area contributed by atoms with E-state index in [2.05, 4.69) is 60.3 Å². The summed E-state index contributed by atoms with van der Waals surface area (Å²) in [5.74, 6) is 13.5. The zero-order chi connectivity index (χ0) is 99.2. The van der Waals surface area contributed by atoms with Crippen molar-refractivity contribution in [1.29, 1.82) is 0 Å². The molecule has 0 aromatic heterocycles. The molecule has 0 atom stereocenters. The number of unbranched alkanes of at least 4 members (excludes halogenated alkanes) is 4. The SMILES string of the molecule is CC(C)CN(CC(C)C)C(=O)CCCCN(C)C(=O)C12CC3CC(CC(C3)C1)C2.CC(C)CN(CC(C)C)C(=O)CCCCN(C)C(=O)C1CCCCC1.CN(C(=O)CCCCN(C(=O)C1CCCCC1)C1CCCCC1)C1CCCCC1.CN(CCCCC(=O)N(C)C1CCCCC1)C(=O)C1CCCCC1.CN(CCCN(C)C(=O)C12CC3CC(CC(C3)C1)C2)C(=O)C12CC3CC(CC(C3)C1)C2. The van der Waals surface area contributed by atoms with Gasteiger partial charge in [-0.2, -0.15) is 0 Å². The molecule has 0 N–H and O–H groups in total. The maximum Gasteiger partial charge on any atom is 0.228 e. The van der Waals surface area contributed by atoms with E-state index < -0.39 is 0 Å². The monoisotopic (exact) mass is 1920 g/mol. The molecule has 12 bridgehead atoms. The second-order valence-electron chi connectivity index (χ2n) is 51.1. The maximum absolute atomic E-state index is 13.5. The van der Waals surface area contributed by atoms with Gasteiger partial charge in [0.25, 0.3) is 0 Å². The van der Waals surface area contributed by atoms with E-state index in [-0.39, 0.29) is 51.7 Å². The van der Waals surface area contributed by atoms with Crippen molar-refractivity contribution in [1.82, 2.24) is 49.0 Å². The lowest BCUT2D eigenvalue weighted by Gasteiger charge is -2.56. The first-order chi connectivity index (χ1) is 66.1. The summed E-state index contributed by atoms with van der Waals surface area (Å²) in [6.45, 7) is 25.5. The normalized spacial score (nSPS) is 27.8. The molecule has 138 heavy (non-hydrogen) atoms. The number of nitrogens with zero attached hydrogens (tertiary/aromatic N) is 10. The Morgan fingerprint density at radius 2 is 0.442 bits per heavy atom. The molecule has 18 aliphatic rings. The molecule has 0 aromatic carbocycles. The van der Waals surface area contributed by atoms with Gasteiger partial charge in [0, 0.05) is 176 Å². The third-order valence-electron chi connectivity index (χ3n) is 36.9. The molecule has 20 nitrogen and oxygen atoms in total. The molecule has 10 amide bonds. The van der Waals surface area contributed by atoms with Gasteiger partial charge in [-0.05, 0) is 327 Å². The van der Waals surface area contributed by atoms with Crippen molar-refractivity contribution in [3.63, 3.8) is 0 Å². The summed E-state index contributed by atoms with van der Waals surface area (Å²) in [6.07, 6.45) is 69.5. The molecule has 788 valence electrons. The van der Waals surface area contributed by atoms with E-state index in [1.165, 1.54) is 212 Å². The zero-order valence-corrected chi connectivity index (χ0v) is 91.2. The van der Waals surface area contributed by atoms with Crippen LogP contribution in [0.2, 0.25) is 0 Å². The number of hydrogen-bond donors (Lipinski definition) is 0. The highest BCUT2D eigenvalue weighted by molar-refractivity contribution is 5.85. The fourth-order valence-corrected chi connectivity index (χ4v) is 30.9. The van der Waals surface area contributed by atoms with E-state index in [1.54, 1.807) is 0 Å². The fourth-order valence-electron chi connectivity index (χ4n) is 30.9. The lowest BCUT2D eigenvalue weighted by Crippen LogP contribution is -2.54. The van der Waals surface area contributed by atoms with Gasteiger partial charge in [-0.25, -0.2) is 0 Å². The average Bonchev–Trinajstić information content (AvgIpc) is 0.746. The van der Waals surface area contributed by atoms with Crippen LogP contribution >= 0.6 is 0 Å². The van der Waals surface area contributed by atoms with Crippen molar-refractivity contribution in [2.45, 2.75) is 465 Å². The minimum absolute atomic E-state index is 0.0371. The Balaban J connectivity index is 0.000000166. The molecule has 18 saturated carbocycles. The smallest absolute Gasteiger partial charge is 0.228 e. The Kier molecular flexibility index (Phi) is 45.7. The maximum atomic E-state index is 13.5. The van der Waals surface area contributed by atoms with E-state index in [0.29, 0.717) is 109 Å². The summed E-state index contributed by atoms with van der Waals surface area (Å²) < 4.78 is 0. The van der Waals surface area contributed by atoms with Crippen LogP contribution < -0.4 is 0 Å². The predicted molar refractivity (Wildman–Crippen MR) is 560 cm³/mol. The molecule has 0 saturated heterocycles. The number of amides is 10. The summed E-state index contributed by atoms with van der Waals surface area (Å²) in [4.78, 5) is 149.